The molecule has 1 unspecified atom stereocenters. The average molecular weight is 289 g/mol. The van der Waals surface area contributed by atoms with Crippen molar-refractivity contribution in [1.82, 2.24) is 14.3 Å². The third kappa shape index (κ3) is 1.92. The van der Waals surface area contributed by atoms with E-state index in [-0.39, 0.29) is 0 Å². The van der Waals surface area contributed by atoms with Gasteiger partial charge in [-0.2, -0.15) is 5.10 Å². The summed E-state index contributed by atoms with van der Waals surface area (Å²) in [5.41, 5.74) is 2.53. The number of aromatic nitrogens is 3. The van der Waals surface area contributed by atoms with E-state index in [0.29, 0.717) is 5.02 Å². The molecule has 103 valence electrons. The molecule has 1 radical (unpaired) electrons. The maximum absolute atomic E-state index is 9.91. The fourth-order valence-electron chi connectivity index (χ4n) is 2.64. The number of aliphatic hydroxyl groups is 1. The van der Waals surface area contributed by atoms with Gasteiger partial charge in [-0.3, -0.25) is 4.68 Å². The molecule has 0 saturated carbocycles. The lowest BCUT2D eigenvalue weighted by Crippen LogP contribution is -2.06. The Morgan fingerprint density at radius 1 is 1.35 bits per heavy atom. The SMILES string of the molecule is [CH2]C(O)c1c(C)nn(C)c1-n1ccc2cc(Cl)ccc21. The van der Waals surface area contributed by atoms with Crippen molar-refractivity contribution in [2.24, 2.45) is 7.05 Å². The molecule has 0 fully saturated rings. The molecule has 0 aliphatic rings. The number of benzene rings is 1. The highest BCUT2D eigenvalue weighted by atomic mass is 35.5. The maximum Gasteiger partial charge on any atom is 0.141 e. The number of nitrogens with zero attached hydrogens (tertiary/aromatic N) is 3. The minimum atomic E-state index is -0.816. The maximum atomic E-state index is 9.91. The quantitative estimate of drug-likeness (QED) is 0.787. The Labute approximate surface area is 122 Å². The molecule has 1 aromatic carbocycles. The van der Waals surface area contributed by atoms with E-state index in [1.54, 1.807) is 4.68 Å². The summed E-state index contributed by atoms with van der Waals surface area (Å²) in [6.45, 7) is 5.59. The van der Waals surface area contributed by atoms with Crippen LogP contribution in [0.1, 0.15) is 17.4 Å². The van der Waals surface area contributed by atoms with Crippen molar-refractivity contribution in [3.8, 4) is 5.82 Å². The third-order valence-corrected chi connectivity index (χ3v) is 3.69. The second kappa shape index (κ2) is 4.65. The van der Waals surface area contributed by atoms with E-state index in [9.17, 15) is 5.11 Å². The molecule has 1 N–H and O–H groups in total. The van der Waals surface area contributed by atoms with Gasteiger partial charge in [0.2, 0.25) is 0 Å². The van der Waals surface area contributed by atoms with E-state index in [1.807, 2.05) is 49.0 Å². The second-order valence-corrected chi connectivity index (χ2v) is 5.29. The lowest BCUT2D eigenvalue weighted by molar-refractivity contribution is 0.225. The van der Waals surface area contributed by atoms with Crippen molar-refractivity contribution in [2.45, 2.75) is 13.0 Å². The molecular formula is C15H15ClN3O. The molecule has 0 spiro atoms. The van der Waals surface area contributed by atoms with Gasteiger partial charge in [-0.05, 0) is 38.1 Å². The van der Waals surface area contributed by atoms with E-state index in [4.69, 9.17) is 11.6 Å². The Bertz CT molecular complexity index is 786. The van der Waals surface area contributed by atoms with Crippen LogP contribution in [0.5, 0.6) is 0 Å². The zero-order valence-electron chi connectivity index (χ0n) is 11.3. The zero-order chi connectivity index (χ0) is 14.4. The van der Waals surface area contributed by atoms with Crippen LogP contribution in [-0.4, -0.2) is 19.5 Å². The van der Waals surface area contributed by atoms with Gasteiger partial charge in [-0.15, -0.1) is 0 Å². The van der Waals surface area contributed by atoms with Crippen molar-refractivity contribution in [3.63, 3.8) is 0 Å². The van der Waals surface area contributed by atoms with Gasteiger partial charge in [0.05, 0.1) is 17.3 Å². The Morgan fingerprint density at radius 3 is 2.80 bits per heavy atom. The van der Waals surface area contributed by atoms with E-state index in [1.165, 1.54) is 0 Å². The van der Waals surface area contributed by atoms with E-state index < -0.39 is 6.10 Å². The summed E-state index contributed by atoms with van der Waals surface area (Å²) < 4.78 is 3.75. The van der Waals surface area contributed by atoms with Crippen molar-refractivity contribution in [3.05, 3.63) is 53.7 Å². The topological polar surface area (TPSA) is 43.0 Å². The van der Waals surface area contributed by atoms with Crippen LogP contribution in [0.4, 0.5) is 0 Å². The highest BCUT2D eigenvalue weighted by Gasteiger charge is 2.20. The lowest BCUT2D eigenvalue weighted by atomic mass is 10.1. The molecule has 1 atom stereocenters. The van der Waals surface area contributed by atoms with Crippen LogP contribution < -0.4 is 0 Å². The predicted molar refractivity (Wildman–Crippen MR) is 80.1 cm³/mol. The molecule has 5 heteroatoms. The summed E-state index contributed by atoms with van der Waals surface area (Å²) >= 11 is 6.01. The average Bonchev–Trinajstić information content (AvgIpc) is 2.89. The van der Waals surface area contributed by atoms with Gasteiger partial charge in [0.1, 0.15) is 5.82 Å². The summed E-state index contributed by atoms with van der Waals surface area (Å²) in [5.74, 6) is 0.822. The fourth-order valence-corrected chi connectivity index (χ4v) is 2.82. The number of fused-ring (bicyclic) bond motifs is 1. The van der Waals surface area contributed by atoms with Crippen LogP contribution >= 0.6 is 11.6 Å². The van der Waals surface area contributed by atoms with Gasteiger partial charge >= 0.3 is 0 Å². The van der Waals surface area contributed by atoms with Crippen LogP contribution in [0.15, 0.2) is 30.5 Å². The Morgan fingerprint density at radius 2 is 2.10 bits per heavy atom. The van der Waals surface area contributed by atoms with Crippen LogP contribution in [-0.2, 0) is 7.05 Å². The minimum absolute atomic E-state index is 0.703. The molecule has 0 aliphatic heterocycles. The van der Waals surface area contributed by atoms with Gasteiger partial charge in [0.25, 0.3) is 0 Å². The monoisotopic (exact) mass is 288 g/mol. The molecule has 0 amide bonds. The largest absolute Gasteiger partial charge is 0.388 e. The second-order valence-electron chi connectivity index (χ2n) is 4.85. The van der Waals surface area contributed by atoms with Gasteiger partial charge in [-0.1, -0.05) is 11.6 Å². The van der Waals surface area contributed by atoms with Gasteiger partial charge in [-0.25, -0.2) is 0 Å². The summed E-state index contributed by atoms with van der Waals surface area (Å²) in [7, 11) is 1.86. The number of hydrogen-bond donors (Lipinski definition) is 1. The van der Waals surface area contributed by atoms with Gasteiger partial charge < -0.3 is 9.67 Å². The number of aryl methyl sites for hydroxylation is 2. The first-order valence-corrected chi connectivity index (χ1v) is 6.68. The van der Waals surface area contributed by atoms with E-state index in [0.717, 1.165) is 28.0 Å². The lowest BCUT2D eigenvalue weighted by Gasteiger charge is -2.11. The Hall–Kier alpha value is -1.78. The highest BCUT2D eigenvalue weighted by Crippen LogP contribution is 2.29. The highest BCUT2D eigenvalue weighted by molar-refractivity contribution is 6.31. The van der Waals surface area contributed by atoms with E-state index in [2.05, 4.69) is 12.0 Å². The summed E-state index contributed by atoms with van der Waals surface area (Å²) in [6.07, 6.45) is 1.13. The predicted octanol–water partition coefficient (Wildman–Crippen LogP) is 3.19. The van der Waals surface area contributed by atoms with Crippen molar-refractivity contribution in [2.75, 3.05) is 0 Å². The molecule has 0 saturated heterocycles. The first kappa shape index (κ1) is 13.2. The van der Waals surface area contributed by atoms with E-state index >= 15 is 0 Å². The minimum Gasteiger partial charge on any atom is -0.388 e. The van der Waals surface area contributed by atoms with Crippen molar-refractivity contribution in [1.29, 1.82) is 0 Å². The number of aliphatic hydroxyl groups excluding tert-OH is 1. The molecule has 0 aliphatic carbocycles. The molecule has 20 heavy (non-hydrogen) atoms. The third-order valence-electron chi connectivity index (χ3n) is 3.45. The Balaban J connectivity index is 2.31. The Kier molecular flexibility index (Phi) is 3.07. The van der Waals surface area contributed by atoms with Crippen LogP contribution in [0.25, 0.3) is 16.7 Å². The molecule has 3 aromatic rings. The molecule has 4 nitrogen and oxygen atoms in total. The van der Waals surface area contributed by atoms with Gasteiger partial charge in [0.15, 0.2) is 0 Å². The van der Waals surface area contributed by atoms with Crippen molar-refractivity contribution < 1.29 is 5.11 Å². The summed E-state index contributed by atoms with van der Waals surface area (Å²) in [4.78, 5) is 0. The number of rotatable bonds is 2. The van der Waals surface area contributed by atoms with Gasteiger partial charge in [0, 0.05) is 29.2 Å². The first-order valence-electron chi connectivity index (χ1n) is 6.30. The summed E-state index contributed by atoms with van der Waals surface area (Å²) in [6, 6.07) is 7.71. The van der Waals surface area contributed by atoms with Crippen LogP contribution in [0, 0.1) is 13.8 Å². The van der Waals surface area contributed by atoms with Crippen LogP contribution in [0.2, 0.25) is 5.02 Å². The smallest absolute Gasteiger partial charge is 0.141 e. The molecule has 2 heterocycles. The zero-order valence-corrected chi connectivity index (χ0v) is 12.1. The molecule has 0 bridgehead atoms. The first-order chi connectivity index (χ1) is 9.49. The fraction of sp³-hybridized carbons (Fsp3) is 0.200. The summed E-state index contributed by atoms with van der Waals surface area (Å²) in [5, 5.41) is 16.0. The number of halogens is 1. The number of hydrogen-bond acceptors (Lipinski definition) is 2. The molecular weight excluding hydrogens is 274 g/mol. The normalized spacial score (nSPS) is 13.1. The molecule has 3 rings (SSSR count). The standard InChI is InChI=1S/C15H15ClN3O/c1-9-14(10(2)20)15(18(3)17-9)19-7-6-11-8-12(16)4-5-13(11)19/h4-8,10,20H,2H2,1,3H3. The van der Waals surface area contributed by atoms with Crippen molar-refractivity contribution >= 4 is 22.5 Å². The van der Waals surface area contributed by atoms with Crippen LogP contribution in [0.3, 0.4) is 0 Å². The molecule has 2 aromatic heterocycles.